The smallest absolute Gasteiger partial charge is 0.231 e. The maximum absolute atomic E-state index is 11.9. The first-order valence-electron chi connectivity index (χ1n) is 7.22. The van der Waals surface area contributed by atoms with Crippen LogP contribution in [0.1, 0.15) is 18.7 Å². The van der Waals surface area contributed by atoms with E-state index in [0.29, 0.717) is 42.4 Å². The minimum Gasteiger partial charge on any atom is -0.480 e. The van der Waals surface area contributed by atoms with E-state index < -0.39 is 0 Å². The summed E-state index contributed by atoms with van der Waals surface area (Å²) in [4.78, 5) is 15.9. The monoisotopic (exact) mass is 312 g/mol. The van der Waals surface area contributed by atoms with Gasteiger partial charge >= 0.3 is 0 Å². The van der Waals surface area contributed by atoms with Gasteiger partial charge in [0.2, 0.25) is 11.8 Å². The van der Waals surface area contributed by atoms with Gasteiger partial charge in [0.15, 0.2) is 11.5 Å². The number of nitrogens with zero attached hydrogens (tertiary/aromatic N) is 5. The molecule has 1 amide bonds. The van der Waals surface area contributed by atoms with Crippen LogP contribution in [0.2, 0.25) is 0 Å². The Morgan fingerprint density at radius 3 is 2.96 bits per heavy atom. The molecular weight excluding hydrogens is 296 g/mol. The molecule has 0 saturated heterocycles. The summed E-state index contributed by atoms with van der Waals surface area (Å²) in [5, 5.41) is 15.2. The van der Waals surface area contributed by atoms with Crippen LogP contribution in [0.15, 0.2) is 36.5 Å². The van der Waals surface area contributed by atoms with Crippen molar-refractivity contribution in [2.24, 2.45) is 0 Å². The first-order chi connectivity index (χ1) is 11.3. The summed E-state index contributed by atoms with van der Waals surface area (Å²) in [7, 11) is 1.56. The Morgan fingerprint density at radius 2 is 2.17 bits per heavy atom. The van der Waals surface area contributed by atoms with Crippen LogP contribution in [0.25, 0.3) is 5.65 Å². The Morgan fingerprint density at radius 1 is 1.26 bits per heavy atom. The molecule has 0 unspecified atom stereocenters. The molecule has 23 heavy (non-hydrogen) atoms. The van der Waals surface area contributed by atoms with E-state index in [9.17, 15) is 4.79 Å². The van der Waals surface area contributed by atoms with Crippen LogP contribution < -0.4 is 10.1 Å². The van der Waals surface area contributed by atoms with Gasteiger partial charge in [-0.25, -0.2) is 4.98 Å². The van der Waals surface area contributed by atoms with E-state index in [0.717, 1.165) is 0 Å². The van der Waals surface area contributed by atoms with E-state index in [4.69, 9.17) is 4.74 Å². The Kier molecular flexibility index (Phi) is 4.41. The van der Waals surface area contributed by atoms with Gasteiger partial charge in [-0.05, 0) is 24.6 Å². The fourth-order valence-electron chi connectivity index (χ4n) is 2.13. The molecule has 0 aliphatic heterocycles. The molecule has 0 aliphatic rings. The predicted molar refractivity (Wildman–Crippen MR) is 83.1 cm³/mol. The predicted octanol–water partition coefficient (Wildman–Crippen LogP) is 1.49. The zero-order chi connectivity index (χ0) is 16.1. The topological polar surface area (TPSA) is 94.3 Å². The number of anilines is 1. The molecule has 3 aromatic rings. The number of hydrogen-bond donors (Lipinski definition) is 1. The highest BCUT2D eigenvalue weighted by Crippen LogP contribution is 2.10. The zero-order valence-electron chi connectivity index (χ0n) is 12.6. The molecule has 1 N–H and O–H groups in total. The van der Waals surface area contributed by atoms with E-state index in [1.807, 2.05) is 6.07 Å². The van der Waals surface area contributed by atoms with Crippen LogP contribution in [-0.4, -0.2) is 37.8 Å². The van der Waals surface area contributed by atoms with Gasteiger partial charge in [0, 0.05) is 25.1 Å². The number of fused-ring (bicyclic) bond motifs is 1. The standard InChI is InChI=1S/C15H16N6O2/c1-23-15-9-8-13-19-18-12(21(13)20-15)6-4-7-14(22)17-11-5-2-3-10-16-11/h2-3,5,8-10H,4,6-7H2,1H3,(H,16,17,22). The Bertz CT molecular complexity index is 802. The molecular formula is C15H16N6O2. The van der Waals surface area contributed by atoms with Crippen molar-refractivity contribution in [1.29, 1.82) is 0 Å². The van der Waals surface area contributed by atoms with Crippen LogP contribution >= 0.6 is 0 Å². The second-order valence-corrected chi connectivity index (χ2v) is 4.88. The summed E-state index contributed by atoms with van der Waals surface area (Å²) in [6, 6.07) is 8.89. The van der Waals surface area contributed by atoms with Crippen molar-refractivity contribution in [3.63, 3.8) is 0 Å². The summed E-state index contributed by atoms with van der Waals surface area (Å²) in [5.41, 5.74) is 0.652. The summed E-state index contributed by atoms with van der Waals surface area (Å²) < 4.78 is 6.73. The maximum atomic E-state index is 11.9. The first-order valence-corrected chi connectivity index (χ1v) is 7.22. The summed E-state index contributed by atoms with van der Waals surface area (Å²) >= 11 is 0. The first kappa shape index (κ1) is 14.9. The van der Waals surface area contributed by atoms with Crippen molar-refractivity contribution in [2.45, 2.75) is 19.3 Å². The lowest BCUT2D eigenvalue weighted by Crippen LogP contribution is -2.12. The highest BCUT2D eigenvalue weighted by molar-refractivity contribution is 5.89. The average molecular weight is 312 g/mol. The molecule has 8 heteroatoms. The van der Waals surface area contributed by atoms with Crippen LogP contribution in [-0.2, 0) is 11.2 Å². The molecule has 0 fully saturated rings. The van der Waals surface area contributed by atoms with Crippen LogP contribution in [0.4, 0.5) is 5.82 Å². The number of amides is 1. The maximum Gasteiger partial charge on any atom is 0.231 e. The second kappa shape index (κ2) is 6.82. The lowest BCUT2D eigenvalue weighted by molar-refractivity contribution is -0.116. The Labute approximate surface area is 132 Å². The van der Waals surface area contributed by atoms with Gasteiger partial charge in [-0.2, -0.15) is 4.52 Å². The molecule has 0 saturated carbocycles. The highest BCUT2D eigenvalue weighted by Gasteiger charge is 2.09. The van der Waals surface area contributed by atoms with E-state index in [1.54, 1.807) is 42.1 Å². The third kappa shape index (κ3) is 3.60. The van der Waals surface area contributed by atoms with Crippen LogP contribution in [0.3, 0.4) is 0 Å². The van der Waals surface area contributed by atoms with Gasteiger partial charge in [0.05, 0.1) is 7.11 Å². The largest absolute Gasteiger partial charge is 0.480 e. The lowest BCUT2D eigenvalue weighted by atomic mass is 10.2. The van der Waals surface area contributed by atoms with Crippen LogP contribution in [0, 0.1) is 0 Å². The van der Waals surface area contributed by atoms with Gasteiger partial charge in [-0.3, -0.25) is 4.79 Å². The Hall–Kier alpha value is -3.03. The molecule has 118 valence electrons. The second-order valence-electron chi connectivity index (χ2n) is 4.88. The molecule has 8 nitrogen and oxygen atoms in total. The molecule has 0 aliphatic carbocycles. The minimum absolute atomic E-state index is 0.0805. The molecule has 0 radical (unpaired) electrons. The number of rotatable bonds is 6. The van der Waals surface area contributed by atoms with E-state index >= 15 is 0 Å². The number of carbonyl (C=O) groups excluding carboxylic acids is 1. The summed E-state index contributed by atoms with van der Waals surface area (Å²) in [6.07, 6.45) is 3.24. The molecule has 0 spiro atoms. The van der Waals surface area contributed by atoms with Crippen molar-refractivity contribution < 1.29 is 9.53 Å². The number of aryl methyl sites for hydroxylation is 1. The Balaban J connectivity index is 1.57. The fourth-order valence-corrected chi connectivity index (χ4v) is 2.13. The molecule has 0 bridgehead atoms. The lowest BCUT2D eigenvalue weighted by Gasteiger charge is -2.04. The molecule has 0 aromatic carbocycles. The average Bonchev–Trinajstić information content (AvgIpc) is 2.98. The SMILES string of the molecule is COc1ccc2nnc(CCCC(=O)Nc3ccccn3)n2n1. The van der Waals surface area contributed by atoms with Crippen molar-refractivity contribution >= 4 is 17.4 Å². The van der Waals surface area contributed by atoms with E-state index in [1.165, 1.54) is 0 Å². The molecule has 0 atom stereocenters. The number of methoxy groups -OCH3 is 1. The molecule has 3 aromatic heterocycles. The number of aromatic nitrogens is 5. The van der Waals surface area contributed by atoms with Crippen molar-refractivity contribution in [3.05, 3.63) is 42.4 Å². The number of nitrogens with one attached hydrogen (secondary N) is 1. The number of ether oxygens (including phenoxy) is 1. The molecule has 3 heterocycles. The van der Waals surface area contributed by atoms with Crippen LogP contribution in [0.5, 0.6) is 5.88 Å². The number of carbonyl (C=O) groups is 1. The highest BCUT2D eigenvalue weighted by atomic mass is 16.5. The van der Waals surface area contributed by atoms with Gasteiger partial charge in [-0.15, -0.1) is 15.3 Å². The number of hydrogen-bond acceptors (Lipinski definition) is 6. The van der Waals surface area contributed by atoms with Crippen molar-refractivity contribution in [1.82, 2.24) is 24.8 Å². The van der Waals surface area contributed by atoms with Gasteiger partial charge in [-0.1, -0.05) is 6.07 Å². The zero-order valence-corrected chi connectivity index (χ0v) is 12.6. The van der Waals surface area contributed by atoms with Gasteiger partial charge in [0.25, 0.3) is 0 Å². The third-order valence-corrected chi connectivity index (χ3v) is 3.25. The third-order valence-electron chi connectivity index (χ3n) is 3.25. The molecule has 3 rings (SSSR count). The summed E-state index contributed by atoms with van der Waals surface area (Å²) in [6.45, 7) is 0. The van der Waals surface area contributed by atoms with E-state index in [-0.39, 0.29) is 5.91 Å². The van der Waals surface area contributed by atoms with Gasteiger partial charge < -0.3 is 10.1 Å². The summed E-state index contributed by atoms with van der Waals surface area (Å²) in [5.74, 6) is 1.66. The van der Waals surface area contributed by atoms with E-state index in [2.05, 4.69) is 25.6 Å². The van der Waals surface area contributed by atoms with Crippen molar-refractivity contribution in [3.8, 4) is 5.88 Å². The van der Waals surface area contributed by atoms with Gasteiger partial charge in [0.1, 0.15) is 5.82 Å². The normalized spacial score (nSPS) is 10.7. The number of pyridine rings is 1. The fraction of sp³-hybridized carbons (Fsp3) is 0.267. The minimum atomic E-state index is -0.0805. The van der Waals surface area contributed by atoms with Crippen molar-refractivity contribution in [2.75, 3.05) is 12.4 Å². The quantitative estimate of drug-likeness (QED) is 0.741.